The molecule has 32 heavy (non-hydrogen) atoms. The first-order chi connectivity index (χ1) is 15.5. The zero-order valence-corrected chi connectivity index (χ0v) is 17.5. The molecule has 0 aliphatic heterocycles. The highest BCUT2D eigenvalue weighted by atomic mass is 19.1. The van der Waals surface area contributed by atoms with Crippen LogP contribution in [-0.4, -0.2) is 0 Å². The molecule has 0 saturated heterocycles. The summed E-state index contributed by atoms with van der Waals surface area (Å²) >= 11 is 0. The SMILES string of the molecule is CCCc1ccc(C#Cc2cc(F)c(C#Cc3ccc4cc(F)ccc4c3)c(F)c2)cc1. The lowest BCUT2D eigenvalue weighted by molar-refractivity contribution is 0.577. The molecule has 4 aromatic carbocycles. The Hall–Kier alpha value is -3.95. The van der Waals surface area contributed by atoms with Crippen molar-refractivity contribution in [2.45, 2.75) is 19.8 Å². The number of rotatable bonds is 2. The zero-order chi connectivity index (χ0) is 22.5. The van der Waals surface area contributed by atoms with Crippen molar-refractivity contribution in [1.29, 1.82) is 0 Å². The van der Waals surface area contributed by atoms with Gasteiger partial charge in [-0.2, -0.15) is 0 Å². The fourth-order valence-electron chi connectivity index (χ4n) is 3.38. The minimum absolute atomic E-state index is 0.246. The molecule has 0 aliphatic carbocycles. The summed E-state index contributed by atoms with van der Waals surface area (Å²) in [6.07, 6.45) is 2.07. The van der Waals surface area contributed by atoms with E-state index >= 15 is 0 Å². The van der Waals surface area contributed by atoms with Gasteiger partial charge in [0.1, 0.15) is 17.5 Å². The van der Waals surface area contributed by atoms with Crippen LogP contribution < -0.4 is 0 Å². The van der Waals surface area contributed by atoms with E-state index in [0.29, 0.717) is 5.56 Å². The summed E-state index contributed by atoms with van der Waals surface area (Å²) in [4.78, 5) is 0. The Bertz CT molecular complexity index is 1390. The van der Waals surface area contributed by atoms with Gasteiger partial charge in [0.05, 0.1) is 5.56 Å². The van der Waals surface area contributed by atoms with Crippen molar-refractivity contribution < 1.29 is 13.2 Å². The topological polar surface area (TPSA) is 0 Å². The van der Waals surface area contributed by atoms with E-state index < -0.39 is 11.6 Å². The predicted molar refractivity (Wildman–Crippen MR) is 123 cm³/mol. The summed E-state index contributed by atoms with van der Waals surface area (Å²) in [7, 11) is 0. The summed E-state index contributed by atoms with van der Waals surface area (Å²) in [5.74, 6) is 9.26. The highest BCUT2D eigenvalue weighted by Crippen LogP contribution is 2.18. The standard InChI is InChI=1S/C29H19F3/c1-2-3-20-4-6-21(7-5-20)8-9-23-17-28(31)27(29(32)18-23)15-11-22-10-12-25-19-26(30)14-13-24(25)16-22/h4-7,10,12-14,16-19H,2-3H2,1H3. The molecule has 0 aromatic heterocycles. The van der Waals surface area contributed by atoms with E-state index in [1.54, 1.807) is 24.3 Å². The molecule has 0 spiro atoms. The molecule has 156 valence electrons. The Labute approximate surface area is 185 Å². The lowest BCUT2D eigenvalue weighted by Gasteiger charge is -2.00. The molecule has 0 fully saturated rings. The van der Waals surface area contributed by atoms with Crippen LogP contribution in [0, 0.1) is 41.1 Å². The van der Waals surface area contributed by atoms with Crippen molar-refractivity contribution in [2.24, 2.45) is 0 Å². The average molecular weight is 424 g/mol. The van der Waals surface area contributed by atoms with E-state index in [-0.39, 0.29) is 16.9 Å². The third-order valence-corrected chi connectivity index (χ3v) is 5.02. The summed E-state index contributed by atoms with van der Waals surface area (Å²) in [5, 5.41) is 1.53. The van der Waals surface area contributed by atoms with Gasteiger partial charge in [0.2, 0.25) is 0 Å². The molecule has 4 rings (SSSR count). The highest BCUT2D eigenvalue weighted by Gasteiger charge is 2.08. The summed E-state index contributed by atoms with van der Waals surface area (Å²) in [6.45, 7) is 2.12. The Morgan fingerprint density at radius 3 is 1.91 bits per heavy atom. The Balaban J connectivity index is 1.57. The second kappa shape index (κ2) is 9.46. The van der Waals surface area contributed by atoms with Crippen LogP contribution in [0.15, 0.2) is 72.8 Å². The van der Waals surface area contributed by atoms with Gasteiger partial charge < -0.3 is 0 Å². The Kier molecular flexibility index (Phi) is 6.29. The molecule has 0 bridgehead atoms. The van der Waals surface area contributed by atoms with E-state index in [0.717, 1.165) is 29.2 Å². The third kappa shape index (κ3) is 5.02. The molecule has 0 unspecified atom stereocenters. The van der Waals surface area contributed by atoms with Crippen LogP contribution in [-0.2, 0) is 6.42 Å². The van der Waals surface area contributed by atoms with Gasteiger partial charge in [-0.3, -0.25) is 0 Å². The number of fused-ring (bicyclic) bond motifs is 1. The third-order valence-electron chi connectivity index (χ3n) is 5.02. The van der Waals surface area contributed by atoms with E-state index in [1.165, 1.54) is 29.8 Å². The number of benzene rings is 4. The van der Waals surface area contributed by atoms with Crippen LogP contribution in [0.5, 0.6) is 0 Å². The number of hydrogen-bond acceptors (Lipinski definition) is 0. The van der Waals surface area contributed by atoms with Crippen LogP contribution in [0.2, 0.25) is 0 Å². The van der Waals surface area contributed by atoms with E-state index in [4.69, 9.17) is 0 Å². The molecule has 0 heterocycles. The maximum Gasteiger partial charge on any atom is 0.143 e. The van der Waals surface area contributed by atoms with Gasteiger partial charge in [0, 0.05) is 16.7 Å². The normalized spacial score (nSPS) is 10.2. The van der Waals surface area contributed by atoms with Crippen molar-refractivity contribution in [2.75, 3.05) is 0 Å². The summed E-state index contributed by atoms with van der Waals surface area (Å²) in [6, 6.07) is 19.8. The first kappa shape index (κ1) is 21.3. The molecule has 0 aliphatic rings. The molecule has 0 N–H and O–H groups in total. The van der Waals surface area contributed by atoms with Gasteiger partial charge in [0.25, 0.3) is 0 Å². The van der Waals surface area contributed by atoms with Gasteiger partial charge in [-0.15, -0.1) is 0 Å². The summed E-state index contributed by atoms with van der Waals surface area (Å²) in [5.41, 5.74) is 2.54. The van der Waals surface area contributed by atoms with Gasteiger partial charge >= 0.3 is 0 Å². The van der Waals surface area contributed by atoms with E-state index in [1.807, 2.05) is 24.3 Å². The minimum atomic E-state index is -0.761. The highest BCUT2D eigenvalue weighted by molar-refractivity contribution is 5.84. The first-order valence-corrected chi connectivity index (χ1v) is 10.3. The van der Waals surface area contributed by atoms with Crippen LogP contribution in [0.4, 0.5) is 13.2 Å². The van der Waals surface area contributed by atoms with E-state index in [9.17, 15) is 13.2 Å². The fraction of sp³-hybridized carbons (Fsp3) is 0.103. The van der Waals surface area contributed by atoms with Crippen LogP contribution in [0.25, 0.3) is 10.8 Å². The molecule has 0 amide bonds. The van der Waals surface area contributed by atoms with Gasteiger partial charge in [-0.05, 0) is 71.3 Å². The van der Waals surface area contributed by atoms with Crippen LogP contribution in [0.3, 0.4) is 0 Å². The van der Waals surface area contributed by atoms with Crippen molar-refractivity contribution in [3.05, 3.63) is 118 Å². The van der Waals surface area contributed by atoms with Crippen LogP contribution >= 0.6 is 0 Å². The second-order valence-electron chi connectivity index (χ2n) is 7.47. The molecule has 0 atom stereocenters. The number of aryl methyl sites for hydroxylation is 1. The van der Waals surface area contributed by atoms with E-state index in [2.05, 4.69) is 30.6 Å². The lowest BCUT2D eigenvalue weighted by atomic mass is 10.1. The van der Waals surface area contributed by atoms with Gasteiger partial charge in [0.15, 0.2) is 0 Å². The lowest BCUT2D eigenvalue weighted by Crippen LogP contribution is -1.92. The molecule has 0 radical (unpaired) electrons. The van der Waals surface area contributed by atoms with Crippen molar-refractivity contribution in [3.8, 4) is 23.7 Å². The molecular formula is C29H19F3. The molecule has 0 saturated carbocycles. The van der Waals surface area contributed by atoms with Crippen LogP contribution in [0.1, 0.15) is 41.2 Å². The summed E-state index contributed by atoms with van der Waals surface area (Å²) < 4.78 is 42.3. The van der Waals surface area contributed by atoms with Gasteiger partial charge in [-0.25, -0.2) is 13.2 Å². The quantitative estimate of drug-likeness (QED) is 0.304. The smallest absolute Gasteiger partial charge is 0.143 e. The minimum Gasteiger partial charge on any atom is -0.207 e. The fourth-order valence-corrected chi connectivity index (χ4v) is 3.38. The Morgan fingerprint density at radius 1 is 0.594 bits per heavy atom. The maximum absolute atomic E-state index is 14.5. The maximum atomic E-state index is 14.5. The Morgan fingerprint density at radius 2 is 1.19 bits per heavy atom. The second-order valence-corrected chi connectivity index (χ2v) is 7.47. The average Bonchev–Trinajstić information content (AvgIpc) is 2.78. The first-order valence-electron chi connectivity index (χ1n) is 10.3. The largest absolute Gasteiger partial charge is 0.207 e. The molecule has 4 aromatic rings. The van der Waals surface area contributed by atoms with Gasteiger partial charge in [-0.1, -0.05) is 61.3 Å². The molecule has 3 heteroatoms. The predicted octanol–water partition coefficient (Wildman–Crippen LogP) is 7.01. The number of hydrogen-bond donors (Lipinski definition) is 0. The van der Waals surface area contributed by atoms with Crippen molar-refractivity contribution in [1.82, 2.24) is 0 Å². The van der Waals surface area contributed by atoms with Crippen molar-refractivity contribution >= 4 is 10.8 Å². The van der Waals surface area contributed by atoms with Crippen molar-refractivity contribution in [3.63, 3.8) is 0 Å². The zero-order valence-electron chi connectivity index (χ0n) is 17.5. The molecular weight excluding hydrogens is 405 g/mol. The number of halogens is 3. The molecule has 0 nitrogen and oxygen atoms in total. The monoisotopic (exact) mass is 424 g/mol.